The molecule has 0 aromatic heterocycles. The number of hydrogen-bond donors (Lipinski definition) is 1. The van der Waals surface area contributed by atoms with E-state index in [1.807, 2.05) is 0 Å². The molecule has 2 rings (SSSR count). The van der Waals surface area contributed by atoms with Crippen molar-refractivity contribution in [3.8, 4) is 11.5 Å². The van der Waals surface area contributed by atoms with Crippen LogP contribution in [0.2, 0.25) is 21.7 Å². The Labute approximate surface area is 230 Å². The Morgan fingerprint density at radius 1 is 0.730 bits per heavy atom. The molecule has 37 heavy (non-hydrogen) atoms. The van der Waals surface area contributed by atoms with E-state index in [1.54, 1.807) is 0 Å². The molecule has 0 saturated heterocycles. The number of benzene rings is 2. The second-order valence-electron chi connectivity index (χ2n) is 12.9. The monoisotopic (exact) mass is 536 g/mol. The summed E-state index contributed by atoms with van der Waals surface area (Å²) in [5.74, 6) is 3.43. The molecule has 0 aliphatic rings. The van der Waals surface area contributed by atoms with Gasteiger partial charge in [0.1, 0.15) is 8.07 Å². The molecule has 0 unspecified atom stereocenters. The smallest absolute Gasteiger partial charge is 0.261 e. The van der Waals surface area contributed by atoms with Crippen LogP contribution < -0.4 is 10.4 Å². The first-order chi connectivity index (χ1) is 17.2. The highest BCUT2D eigenvalue weighted by Gasteiger charge is 2.50. The van der Waals surface area contributed by atoms with Gasteiger partial charge in [-0.05, 0) is 39.0 Å². The van der Waals surface area contributed by atoms with Crippen molar-refractivity contribution in [2.75, 3.05) is 6.61 Å². The molecule has 2 aromatic carbocycles. The fourth-order valence-electron chi connectivity index (χ4n) is 6.37. The molecule has 0 spiro atoms. The molecule has 4 heteroatoms. The number of aliphatic hydroxyl groups excluding tert-OH is 1. The van der Waals surface area contributed by atoms with Crippen molar-refractivity contribution in [2.45, 2.75) is 104 Å². The lowest BCUT2D eigenvalue weighted by molar-refractivity contribution is 0.0576. The SMILES string of the molecule is CC(C)[Si](C#C[C@@H](C)[C@@H](O)[C@H](C)CO[Si](c1ccccc1)(c1ccccc1)C(C)(C)C)(C(C)C)C(C)C. The minimum atomic E-state index is -2.63. The topological polar surface area (TPSA) is 29.5 Å². The average Bonchev–Trinajstić information content (AvgIpc) is 2.83. The first-order valence-electron chi connectivity index (χ1n) is 14.2. The third-order valence-corrected chi connectivity index (χ3v) is 19.8. The van der Waals surface area contributed by atoms with Gasteiger partial charge in [-0.2, -0.15) is 0 Å². The normalized spacial score (nSPS) is 15.4. The molecular weight excluding hydrogens is 485 g/mol. The summed E-state index contributed by atoms with van der Waals surface area (Å²) in [6, 6.07) is 21.4. The fraction of sp³-hybridized carbons (Fsp3) is 0.576. The number of hydrogen-bond acceptors (Lipinski definition) is 2. The Morgan fingerprint density at radius 3 is 1.49 bits per heavy atom. The lowest BCUT2D eigenvalue weighted by atomic mass is 9.95. The molecule has 0 fully saturated rings. The van der Waals surface area contributed by atoms with Gasteiger partial charge in [0, 0.05) is 18.4 Å². The third-order valence-electron chi connectivity index (χ3n) is 8.46. The van der Waals surface area contributed by atoms with Crippen LogP contribution in [-0.2, 0) is 4.43 Å². The van der Waals surface area contributed by atoms with E-state index in [1.165, 1.54) is 10.4 Å². The Bertz CT molecular complexity index is 952. The maximum Gasteiger partial charge on any atom is 0.261 e. The van der Waals surface area contributed by atoms with Crippen LogP contribution in [0.5, 0.6) is 0 Å². The van der Waals surface area contributed by atoms with E-state index in [-0.39, 0.29) is 16.9 Å². The summed E-state index contributed by atoms with van der Waals surface area (Å²) in [5, 5.41) is 13.8. The van der Waals surface area contributed by atoms with Crippen molar-refractivity contribution in [3.05, 3.63) is 60.7 Å². The molecule has 204 valence electrons. The zero-order valence-electron chi connectivity index (χ0n) is 25.3. The summed E-state index contributed by atoms with van der Waals surface area (Å²) >= 11 is 0. The van der Waals surface area contributed by atoms with Gasteiger partial charge in [-0.3, -0.25) is 0 Å². The highest BCUT2D eigenvalue weighted by atomic mass is 28.4. The zero-order chi connectivity index (χ0) is 28.0. The van der Waals surface area contributed by atoms with Gasteiger partial charge in [0.15, 0.2) is 0 Å². The number of rotatable bonds is 10. The second-order valence-corrected chi connectivity index (χ2v) is 22.8. The lowest BCUT2D eigenvalue weighted by Crippen LogP contribution is -2.67. The van der Waals surface area contributed by atoms with Gasteiger partial charge < -0.3 is 9.53 Å². The van der Waals surface area contributed by atoms with E-state index in [4.69, 9.17) is 4.43 Å². The van der Waals surface area contributed by atoms with Crippen LogP contribution in [0.1, 0.15) is 76.2 Å². The highest BCUT2D eigenvalue weighted by Crippen LogP contribution is 2.41. The molecule has 1 N–H and O–H groups in total. The minimum Gasteiger partial charge on any atom is -0.407 e. The van der Waals surface area contributed by atoms with Crippen molar-refractivity contribution in [2.24, 2.45) is 11.8 Å². The molecule has 0 aliphatic heterocycles. The van der Waals surface area contributed by atoms with E-state index in [0.29, 0.717) is 23.2 Å². The Hall–Kier alpha value is -1.65. The predicted octanol–water partition coefficient (Wildman–Crippen LogP) is 7.42. The van der Waals surface area contributed by atoms with Gasteiger partial charge in [0.25, 0.3) is 8.32 Å². The molecule has 0 bridgehead atoms. The van der Waals surface area contributed by atoms with Gasteiger partial charge in [-0.1, -0.05) is 130 Å². The van der Waals surface area contributed by atoms with E-state index in [9.17, 15) is 5.11 Å². The van der Waals surface area contributed by atoms with E-state index >= 15 is 0 Å². The molecule has 0 heterocycles. The van der Waals surface area contributed by atoms with E-state index < -0.39 is 22.5 Å². The lowest BCUT2D eigenvalue weighted by Gasteiger charge is -2.44. The Balaban J connectivity index is 2.38. The van der Waals surface area contributed by atoms with Crippen molar-refractivity contribution in [3.63, 3.8) is 0 Å². The van der Waals surface area contributed by atoms with Crippen LogP contribution >= 0.6 is 0 Å². The van der Waals surface area contributed by atoms with Crippen LogP contribution in [-0.4, -0.2) is 34.2 Å². The van der Waals surface area contributed by atoms with Crippen LogP contribution in [0.25, 0.3) is 0 Å². The van der Waals surface area contributed by atoms with Crippen molar-refractivity contribution < 1.29 is 9.53 Å². The maximum absolute atomic E-state index is 11.4. The van der Waals surface area contributed by atoms with E-state index in [0.717, 1.165) is 0 Å². The van der Waals surface area contributed by atoms with Crippen molar-refractivity contribution >= 4 is 26.8 Å². The third kappa shape index (κ3) is 6.68. The highest BCUT2D eigenvalue weighted by molar-refractivity contribution is 6.99. The molecule has 3 atom stereocenters. The molecule has 2 aromatic rings. The van der Waals surface area contributed by atoms with Crippen LogP contribution in [0.4, 0.5) is 0 Å². The fourth-order valence-corrected chi connectivity index (χ4v) is 16.4. The standard InChI is InChI=1S/C33H52O2Si2/c1-25(2)36(26(3)4,27(5)6)23-22-28(7)32(34)29(8)24-35-37(33(9,10)11,30-18-14-12-15-19-30)31-20-16-13-17-21-31/h12-21,25-29,32,34H,24H2,1-11H3/t28-,29-,32-/m1/s1. The largest absolute Gasteiger partial charge is 0.407 e. The first-order valence-corrected chi connectivity index (χ1v) is 18.3. The van der Waals surface area contributed by atoms with Crippen molar-refractivity contribution in [1.29, 1.82) is 0 Å². The summed E-state index contributed by atoms with van der Waals surface area (Å²) in [6.45, 7) is 25.6. The molecule has 0 saturated carbocycles. The predicted molar refractivity (Wildman–Crippen MR) is 167 cm³/mol. The van der Waals surface area contributed by atoms with Crippen LogP contribution in [0.3, 0.4) is 0 Å². The summed E-state index contributed by atoms with van der Waals surface area (Å²) in [6.07, 6.45) is -0.538. The van der Waals surface area contributed by atoms with Crippen molar-refractivity contribution in [1.82, 2.24) is 0 Å². The Kier molecular flexibility index (Phi) is 11.0. The summed E-state index contributed by atoms with van der Waals surface area (Å²) < 4.78 is 7.10. The van der Waals surface area contributed by atoms with Gasteiger partial charge in [0.2, 0.25) is 0 Å². The summed E-state index contributed by atoms with van der Waals surface area (Å²) in [4.78, 5) is 0. The van der Waals surface area contributed by atoms with Gasteiger partial charge in [-0.25, -0.2) is 0 Å². The molecule has 0 aliphatic carbocycles. The molecular formula is C33H52O2Si2. The van der Waals surface area contributed by atoms with Gasteiger partial charge >= 0.3 is 0 Å². The summed E-state index contributed by atoms with van der Waals surface area (Å²) in [5.41, 5.74) is 5.56. The van der Waals surface area contributed by atoms with Crippen LogP contribution in [0.15, 0.2) is 60.7 Å². The van der Waals surface area contributed by atoms with E-state index in [2.05, 4.69) is 148 Å². The second kappa shape index (κ2) is 12.9. The van der Waals surface area contributed by atoms with Gasteiger partial charge in [-0.15, -0.1) is 11.5 Å². The quantitative estimate of drug-likeness (QED) is 0.253. The molecule has 2 nitrogen and oxygen atoms in total. The van der Waals surface area contributed by atoms with Crippen LogP contribution in [0, 0.1) is 23.3 Å². The Morgan fingerprint density at radius 2 is 1.14 bits per heavy atom. The zero-order valence-corrected chi connectivity index (χ0v) is 27.3. The molecule has 0 radical (unpaired) electrons. The average molecular weight is 537 g/mol. The maximum atomic E-state index is 11.4. The van der Waals surface area contributed by atoms with Gasteiger partial charge in [0.05, 0.1) is 6.10 Å². The number of aliphatic hydroxyl groups is 1. The minimum absolute atomic E-state index is 0.0285. The molecule has 0 amide bonds. The first kappa shape index (κ1) is 31.6. The summed E-state index contributed by atoms with van der Waals surface area (Å²) in [7, 11) is -4.46.